The number of rotatable bonds is 12. The highest BCUT2D eigenvalue weighted by Gasteiger charge is 2.15. The first kappa shape index (κ1) is 23.1. The first-order chi connectivity index (χ1) is 11.8. The molecule has 25 heavy (non-hydrogen) atoms. The van der Waals surface area contributed by atoms with Crippen LogP contribution in [-0.2, 0) is 33.3 Å². The predicted molar refractivity (Wildman–Crippen MR) is 90.9 cm³/mol. The van der Waals surface area contributed by atoms with Crippen molar-refractivity contribution in [2.75, 3.05) is 40.0 Å². The fourth-order valence-electron chi connectivity index (χ4n) is 1.63. The molecule has 8 nitrogen and oxygen atoms in total. The molecular formula is C17H29NO7. The van der Waals surface area contributed by atoms with Gasteiger partial charge in [0.1, 0.15) is 0 Å². The van der Waals surface area contributed by atoms with Gasteiger partial charge in [-0.1, -0.05) is 0 Å². The number of methoxy groups -OCH3 is 1. The minimum absolute atomic E-state index is 0.0603. The zero-order valence-corrected chi connectivity index (χ0v) is 15.6. The molecule has 0 aromatic heterocycles. The van der Waals surface area contributed by atoms with Gasteiger partial charge in [0.05, 0.1) is 32.5 Å². The fourth-order valence-corrected chi connectivity index (χ4v) is 1.63. The average molecular weight is 359 g/mol. The molecule has 8 heteroatoms. The predicted octanol–water partition coefficient (Wildman–Crippen LogP) is 0.937. The van der Waals surface area contributed by atoms with Gasteiger partial charge in [-0.05, 0) is 27.7 Å². The van der Waals surface area contributed by atoms with Gasteiger partial charge in [0.2, 0.25) is 0 Å². The molecule has 144 valence electrons. The van der Waals surface area contributed by atoms with Crippen LogP contribution >= 0.6 is 0 Å². The Morgan fingerprint density at radius 2 is 1.36 bits per heavy atom. The number of amides is 1. The average Bonchev–Trinajstić information content (AvgIpc) is 2.55. The molecule has 0 radical (unpaired) electrons. The van der Waals surface area contributed by atoms with Gasteiger partial charge in [-0.25, -0.2) is 9.59 Å². The molecule has 0 aliphatic rings. The molecule has 0 aliphatic heterocycles. The van der Waals surface area contributed by atoms with Crippen molar-refractivity contribution in [3.8, 4) is 0 Å². The minimum Gasteiger partial charge on any atom is -0.466 e. The lowest BCUT2D eigenvalue weighted by molar-refractivity contribution is -0.149. The maximum absolute atomic E-state index is 12.2. The Morgan fingerprint density at radius 1 is 0.880 bits per heavy atom. The molecule has 0 aromatic carbocycles. The van der Waals surface area contributed by atoms with Gasteiger partial charge in [0.25, 0.3) is 5.91 Å². The van der Waals surface area contributed by atoms with Gasteiger partial charge < -0.3 is 23.8 Å². The molecule has 0 saturated heterocycles. The van der Waals surface area contributed by atoms with E-state index in [-0.39, 0.29) is 18.1 Å². The molecule has 0 spiro atoms. The Bertz CT molecular complexity index is 432. The summed E-state index contributed by atoms with van der Waals surface area (Å²) >= 11 is 0. The Hall–Kier alpha value is -1.93. The second kappa shape index (κ2) is 13.4. The molecule has 0 aromatic rings. The summed E-state index contributed by atoms with van der Waals surface area (Å²) in [7, 11) is 1.19. The van der Waals surface area contributed by atoms with Gasteiger partial charge in [0.15, 0.2) is 6.61 Å². The molecule has 0 unspecified atom stereocenters. The van der Waals surface area contributed by atoms with E-state index in [0.717, 1.165) is 12.2 Å². The van der Waals surface area contributed by atoms with Gasteiger partial charge in [-0.2, -0.15) is 0 Å². The van der Waals surface area contributed by atoms with Crippen LogP contribution in [0.15, 0.2) is 12.2 Å². The Morgan fingerprint density at radius 3 is 1.80 bits per heavy atom. The van der Waals surface area contributed by atoms with E-state index in [2.05, 4.69) is 4.74 Å². The molecule has 0 atom stereocenters. The van der Waals surface area contributed by atoms with Crippen molar-refractivity contribution in [3.05, 3.63) is 12.2 Å². The van der Waals surface area contributed by atoms with E-state index in [1.807, 2.05) is 27.7 Å². The van der Waals surface area contributed by atoms with E-state index in [9.17, 15) is 14.4 Å². The van der Waals surface area contributed by atoms with E-state index in [1.165, 1.54) is 12.0 Å². The summed E-state index contributed by atoms with van der Waals surface area (Å²) in [4.78, 5) is 36.1. The van der Waals surface area contributed by atoms with Crippen molar-refractivity contribution in [3.63, 3.8) is 0 Å². The highest BCUT2D eigenvalue weighted by molar-refractivity contribution is 5.92. The van der Waals surface area contributed by atoms with Crippen molar-refractivity contribution >= 4 is 17.8 Å². The summed E-state index contributed by atoms with van der Waals surface area (Å²) in [5.74, 6) is -1.84. The van der Waals surface area contributed by atoms with E-state index >= 15 is 0 Å². The second-order valence-corrected chi connectivity index (χ2v) is 5.68. The lowest BCUT2D eigenvalue weighted by Crippen LogP contribution is -2.39. The first-order valence-corrected chi connectivity index (χ1v) is 8.20. The number of carbonyl (C=O) groups excluding carboxylic acids is 3. The van der Waals surface area contributed by atoms with Crippen LogP contribution in [0.3, 0.4) is 0 Å². The lowest BCUT2D eigenvalue weighted by Gasteiger charge is -2.23. The largest absolute Gasteiger partial charge is 0.466 e. The highest BCUT2D eigenvalue weighted by Crippen LogP contribution is 1.97. The first-order valence-electron chi connectivity index (χ1n) is 8.20. The number of ether oxygens (including phenoxy) is 4. The summed E-state index contributed by atoms with van der Waals surface area (Å²) in [6.07, 6.45) is 1.96. The molecule has 1 amide bonds. The molecule has 0 N–H and O–H groups in total. The fraction of sp³-hybridized carbons (Fsp3) is 0.706. The topological polar surface area (TPSA) is 91.4 Å². The lowest BCUT2D eigenvalue weighted by atomic mass is 10.4. The van der Waals surface area contributed by atoms with Crippen molar-refractivity contribution in [2.45, 2.75) is 39.9 Å². The van der Waals surface area contributed by atoms with Crippen LogP contribution in [-0.4, -0.2) is 75.0 Å². The quantitative estimate of drug-likeness (QED) is 0.378. The summed E-state index contributed by atoms with van der Waals surface area (Å²) in [5.41, 5.74) is 0. The van der Waals surface area contributed by atoms with Crippen LogP contribution in [0.1, 0.15) is 27.7 Å². The summed E-state index contributed by atoms with van der Waals surface area (Å²) in [6.45, 7) is 8.69. The number of esters is 2. The number of carbonyl (C=O) groups is 3. The number of hydrogen-bond acceptors (Lipinski definition) is 7. The molecule has 0 bridgehead atoms. The van der Waals surface area contributed by atoms with Gasteiger partial charge >= 0.3 is 11.9 Å². The zero-order valence-electron chi connectivity index (χ0n) is 15.6. The Labute approximate surface area is 149 Å². The third-order valence-electron chi connectivity index (χ3n) is 2.87. The van der Waals surface area contributed by atoms with E-state index in [0.29, 0.717) is 26.3 Å². The van der Waals surface area contributed by atoms with Gasteiger partial charge in [-0.15, -0.1) is 0 Å². The zero-order chi connectivity index (χ0) is 19.2. The highest BCUT2D eigenvalue weighted by atomic mass is 16.5. The molecule has 0 heterocycles. The summed E-state index contributed by atoms with van der Waals surface area (Å²) in [6, 6.07) is 0. The van der Waals surface area contributed by atoms with E-state index in [1.54, 1.807) is 0 Å². The molecule has 0 fully saturated rings. The monoisotopic (exact) mass is 359 g/mol. The summed E-state index contributed by atoms with van der Waals surface area (Å²) in [5, 5.41) is 0. The smallest absolute Gasteiger partial charge is 0.331 e. The van der Waals surface area contributed by atoms with Gasteiger partial charge in [-0.3, -0.25) is 4.79 Å². The number of nitrogens with zero attached hydrogens (tertiary/aromatic N) is 1. The maximum Gasteiger partial charge on any atom is 0.331 e. The minimum atomic E-state index is -0.796. The van der Waals surface area contributed by atoms with Gasteiger partial charge in [0, 0.05) is 25.2 Å². The maximum atomic E-state index is 12.2. The SMILES string of the molecule is COC(=O)/C=C/C(=O)OCC(=O)N(CCOC(C)C)CCOC(C)C. The third-order valence-corrected chi connectivity index (χ3v) is 2.87. The number of hydrogen-bond donors (Lipinski definition) is 0. The van der Waals surface area contributed by atoms with Crippen LogP contribution in [0.25, 0.3) is 0 Å². The molecular weight excluding hydrogens is 330 g/mol. The van der Waals surface area contributed by atoms with Crippen LogP contribution < -0.4 is 0 Å². The van der Waals surface area contributed by atoms with Crippen LogP contribution in [0, 0.1) is 0 Å². The molecule has 0 aliphatic carbocycles. The summed E-state index contributed by atoms with van der Waals surface area (Å²) < 4.78 is 20.1. The Kier molecular flexibility index (Phi) is 12.3. The van der Waals surface area contributed by atoms with Crippen molar-refractivity contribution in [2.24, 2.45) is 0 Å². The van der Waals surface area contributed by atoms with Crippen molar-refractivity contribution < 1.29 is 33.3 Å². The van der Waals surface area contributed by atoms with Crippen molar-refractivity contribution in [1.29, 1.82) is 0 Å². The second-order valence-electron chi connectivity index (χ2n) is 5.68. The van der Waals surface area contributed by atoms with E-state index < -0.39 is 18.5 Å². The van der Waals surface area contributed by atoms with Crippen LogP contribution in [0.2, 0.25) is 0 Å². The third kappa shape index (κ3) is 13.1. The normalized spacial score (nSPS) is 11.2. The Balaban J connectivity index is 4.44. The molecule has 0 rings (SSSR count). The van der Waals surface area contributed by atoms with E-state index in [4.69, 9.17) is 14.2 Å². The van der Waals surface area contributed by atoms with Crippen LogP contribution in [0.5, 0.6) is 0 Å². The van der Waals surface area contributed by atoms with Crippen LogP contribution in [0.4, 0.5) is 0 Å². The molecule has 0 saturated carbocycles. The van der Waals surface area contributed by atoms with Crippen molar-refractivity contribution in [1.82, 2.24) is 4.90 Å². The standard InChI is InChI=1S/C17H29NO7/c1-13(2)23-10-8-18(9-11-24-14(3)4)15(19)12-25-17(21)7-6-16(20)22-5/h6-7,13-14H,8-12H2,1-5H3/b7-6+.